The summed E-state index contributed by atoms with van der Waals surface area (Å²) < 4.78 is 0. The zero-order chi connectivity index (χ0) is 8.55. The maximum absolute atomic E-state index is 2.42. The first-order valence-electron chi connectivity index (χ1n) is 5.62. The van der Waals surface area contributed by atoms with Crippen molar-refractivity contribution >= 4 is 0 Å². The Labute approximate surface area is 76.1 Å². The maximum Gasteiger partial charge on any atom is 0.0903 e. The van der Waals surface area contributed by atoms with Crippen LogP contribution in [0, 0.1) is 5.92 Å². The van der Waals surface area contributed by atoms with Crippen molar-refractivity contribution in [2.75, 3.05) is 7.05 Å². The third kappa shape index (κ3) is 1.39. The second kappa shape index (κ2) is 3.37. The molecule has 0 aromatic carbocycles. The molecular weight excluding hydrogens is 146 g/mol. The zero-order valence-electron chi connectivity index (χ0n) is 8.47. The quantitative estimate of drug-likeness (QED) is 0.555. The normalized spacial score (nSPS) is 48.5. The molecule has 70 valence electrons. The molecule has 1 unspecified atom stereocenters. The summed E-state index contributed by atoms with van der Waals surface area (Å²) in [4.78, 5) is 1.82. The van der Waals surface area contributed by atoms with Gasteiger partial charge in [-0.05, 0) is 39.0 Å². The Morgan fingerprint density at radius 3 is 2.58 bits per heavy atom. The van der Waals surface area contributed by atoms with E-state index in [2.05, 4.69) is 14.0 Å². The topological polar surface area (TPSA) is 4.44 Å². The number of quaternary nitrogens is 1. The van der Waals surface area contributed by atoms with Gasteiger partial charge in [0.2, 0.25) is 0 Å². The van der Waals surface area contributed by atoms with Gasteiger partial charge in [0.25, 0.3) is 0 Å². The number of fused-ring (bicyclic) bond motifs is 1. The van der Waals surface area contributed by atoms with E-state index in [9.17, 15) is 0 Å². The first kappa shape index (κ1) is 8.55. The first-order valence-corrected chi connectivity index (χ1v) is 5.62. The lowest BCUT2D eigenvalue weighted by Crippen LogP contribution is -3.18. The van der Waals surface area contributed by atoms with E-state index in [0.717, 1.165) is 18.0 Å². The van der Waals surface area contributed by atoms with E-state index in [-0.39, 0.29) is 0 Å². The Kier molecular flexibility index (Phi) is 2.40. The van der Waals surface area contributed by atoms with Gasteiger partial charge in [0.05, 0.1) is 19.1 Å². The van der Waals surface area contributed by atoms with Gasteiger partial charge < -0.3 is 4.90 Å². The predicted molar refractivity (Wildman–Crippen MR) is 51.3 cm³/mol. The van der Waals surface area contributed by atoms with E-state index in [4.69, 9.17) is 0 Å². The summed E-state index contributed by atoms with van der Waals surface area (Å²) in [6, 6.07) is 1.94. The summed E-state index contributed by atoms with van der Waals surface area (Å²) in [6.07, 6.45) is 9.00. The Morgan fingerprint density at radius 2 is 1.75 bits per heavy atom. The molecule has 1 heteroatoms. The van der Waals surface area contributed by atoms with Crippen LogP contribution in [-0.4, -0.2) is 19.1 Å². The molecule has 0 amide bonds. The van der Waals surface area contributed by atoms with Gasteiger partial charge in [0, 0.05) is 5.92 Å². The van der Waals surface area contributed by atoms with Gasteiger partial charge in [-0.3, -0.25) is 0 Å². The van der Waals surface area contributed by atoms with E-state index in [1.165, 1.54) is 38.5 Å². The molecule has 0 bridgehead atoms. The number of nitrogens with one attached hydrogen (secondary N) is 1. The molecule has 2 aliphatic rings. The minimum atomic E-state index is 0.921. The number of rotatable bonds is 0. The summed E-state index contributed by atoms with van der Waals surface area (Å²) in [6.45, 7) is 2.42. The van der Waals surface area contributed by atoms with Crippen LogP contribution in [0.3, 0.4) is 0 Å². The minimum Gasteiger partial charge on any atom is -0.333 e. The van der Waals surface area contributed by atoms with Crippen molar-refractivity contribution in [3.05, 3.63) is 0 Å². The van der Waals surface area contributed by atoms with Gasteiger partial charge >= 0.3 is 0 Å². The molecule has 0 spiro atoms. The predicted octanol–water partition coefficient (Wildman–Crippen LogP) is 1.24. The average molecular weight is 168 g/mol. The minimum absolute atomic E-state index is 0.921. The van der Waals surface area contributed by atoms with Gasteiger partial charge in [-0.1, -0.05) is 6.42 Å². The van der Waals surface area contributed by atoms with Crippen LogP contribution >= 0.6 is 0 Å². The second-order valence-electron chi connectivity index (χ2n) is 4.87. The fraction of sp³-hybridized carbons (Fsp3) is 1.00. The fourth-order valence-corrected chi connectivity index (χ4v) is 3.21. The van der Waals surface area contributed by atoms with Crippen LogP contribution in [0.25, 0.3) is 0 Å². The van der Waals surface area contributed by atoms with Crippen LogP contribution in [-0.2, 0) is 0 Å². The molecule has 1 nitrogen and oxygen atoms in total. The number of hydrogen-bond donors (Lipinski definition) is 1. The molecule has 0 aromatic rings. The second-order valence-corrected chi connectivity index (χ2v) is 4.87. The van der Waals surface area contributed by atoms with Crippen molar-refractivity contribution in [2.45, 2.75) is 57.5 Å². The average Bonchev–Trinajstić information content (AvgIpc) is 2.12. The van der Waals surface area contributed by atoms with Gasteiger partial charge in [0.15, 0.2) is 0 Å². The van der Waals surface area contributed by atoms with Crippen LogP contribution in [0.4, 0.5) is 0 Å². The third-order valence-corrected chi connectivity index (χ3v) is 4.24. The highest BCUT2D eigenvalue weighted by molar-refractivity contribution is 4.78. The smallest absolute Gasteiger partial charge is 0.0903 e. The molecular formula is C11H22N+. The van der Waals surface area contributed by atoms with E-state index in [1.54, 1.807) is 0 Å². The molecule has 0 radical (unpaired) electrons. The Morgan fingerprint density at radius 1 is 1.00 bits per heavy atom. The van der Waals surface area contributed by atoms with Crippen molar-refractivity contribution in [1.29, 1.82) is 0 Å². The standard InChI is InChI=1S/C11H21N/c1-9-7-8-10-5-3-4-6-11(10)12(9)2/h9-11H,3-8H2,1-2H3/p+1/t9-,10+,11-/m0/s1. The summed E-state index contributed by atoms with van der Waals surface area (Å²) in [5.41, 5.74) is 0. The molecule has 4 atom stereocenters. The Balaban J connectivity index is 2.03. The summed E-state index contributed by atoms with van der Waals surface area (Å²) in [5.74, 6) is 1.08. The summed E-state index contributed by atoms with van der Waals surface area (Å²) >= 11 is 0. The van der Waals surface area contributed by atoms with E-state index < -0.39 is 0 Å². The van der Waals surface area contributed by atoms with Crippen LogP contribution in [0.15, 0.2) is 0 Å². The number of hydrogen-bond acceptors (Lipinski definition) is 0. The van der Waals surface area contributed by atoms with Gasteiger partial charge in [-0.25, -0.2) is 0 Å². The maximum atomic E-state index is 2.42. The molecule has 1 saturated heterocycles. The van der Waals surface area contributed by atoms with Crippen molar-refractivity contribution < 1.29 is 4.90 Å². The SMILES string of the molecule is C[C@H]1CC[C@H]2CCCC[C@@H]2[NH+]1C. The van der Waals surface area contributed by atoms with Crippen LogP contribution in [0.5, 0.6) is 0 Å². The fourth-order valence-electron chi connectivity index (χ4n) is 3.21. The van der Waals surface area contributed by atoms with E-state index >= 15 is 0 Å². The summed E-state index contributed by atoms with van der Waals surface area (Å²) in [7, 11) is 2.41. The molecule has 1 heterocycles. The molecule has 2 rings (SSSR count). The molecule has 1 aliphatic heterocycles. The lowest BCUT2D eigenvalue weighted by molar-refractivity contribution is -0.940. The largest absolute Gasteiger partial charge is 0.333 e. The molecule has 1 aliphatic carbocycles. The molecule has 1 saturated carbocycles. The van der Waals surface area contributed by atoms with Crippen molar-refractivity contribution in [2.24, 2.45) is 5.92 Å². The van der Waals surface area contributed by atoms with Crippen LogP contribution in [0.1, 0.15) is 45.4 Å². The first-order chi connectivity index (χ1) is 5.79. The molecule has 1 N–H and O–H groups in total. The van der Waals surface area contributed by atoms with E-state index in [0.29, 0.717) is 0 Å². The summed E-state index contributed by atoms with van der Waals surface area (Å²) in [5, 5.41) is 0. The van der Waals surface area contributed by atoms with Crippen molar-refractivity contribution in [1.82, 2.24) is 0 Å². The van der Waals surface area contributed by atoms with Crippen LogP contribution < -0.4 is 4.90 Å². The molecule has 12 heavy (non-hydrogen) atoms. The molecule has 0 aromatic heterocycles. The number of likely N-dealkylation sites (tertiary alicyclic amines) is 1. The Hall–Kier alpha value is -0.0400. The zero-order valence-corrected chi connectivity index (χ0v) is 8.47. The lowest BCUT2D eigenvalue weighted by Gasteiger charge is -2.42. The van der Waals surface area contributed by atoms with Gasteiger partial charge in [-0.15, -0.1) is 0 Å². The third-order valence-electron chi connectivity index (χ3n) is 4.24. The van der Waals surface area contributed by atoms with Gasteiger partial charge in [-0.2, -0.15) is 0 Å². The van der Waals surface area contributed by atoms with Crippen molar-refractivity contribution in [3.63, 3.8) is 0 Å². The van der Waals surface area contributed by atoms with Crippen LogP contribution in [0.2, 0.25) is 0 Å². The Bertz CT molecular complexity index is 153. The highest BCUT2D eigenvalue weighted by Gasteiger charge is 2.37. The van der Waals surface area contributed by atoms with E-state index in [1.807, 2.05) is 4.90 Å². The monoisotopic (exact) mass is 168 g/mol. The molecule has 2 fully saturated rings. The highest BCUT2D eigenvalue weighted by atomic mass is 15.2. The van der Waals surface area contributed by atoms with Crippen molar-refractivity contribution in [3.8, 4) is 0 Å². The highest BCUT2D eigenvalue weighted by Crippen LogP contribution is 2.29. The number of piperidine rings is 1. The lowest BCUT2D eigenvalue weighted by atomic mass is 9.77. The van der Waals surface area contributed by atoms with Gasteiger partial charge in [0.1, 0.15) is 0 Å².